The largest absolute Gasteiger partial charge is 0.334 e. The number of aromatic nitrogens is 2. The van der Waals surface area contributed by atoms with Gasteiger partial charge in [0.15, 0.2) is 0 Å². The zero-order valence-electron chi connectivity index (χ0n) is 14.7. The van der Waals surface area contributed by atoms with Gasteiger partial charge < -0.3 is 9.47 Å². The molecule has 0 N–H and O–H groups in total. The summed E-state index contributed by atoms with van der Waals surface area (Å²) in [7, 11) is 2.09. The Balaban J connectivity index is 1.89. The Kier molecular flexibility index (Phi) is 4.00. The zero-order valence-corrected chi connectivity index (χ0v) is 14.7. The van der Waals surface area contributed by atoms with Crippen LogP contribution >= 0.6 is 0 Å². The molecule has 2 heterocycles. The van der Waals surface area contributed by atoms with E-state index in [0.717, 1.165) is 41.2 Å². The van der Waals surface area contributed by atoms with Crippen LogP contribution < -0.4 is 0 Å². The fraction of sp³-hybridized carbons (Fsp3) is 0.474. The third kappa shape index (κ3) is 2.67. The number of imidazole rings is 1. The number of benzene rings is 1. The van der Waals surface area contributed by atoms with E-state index in [1.807, 2.05) is 36.9 Å². The molecule has 0 fully saturated rings. The maximum absolute atomic E-state index is 12.9. The van der Waals surface area contributed by atoms with Gasteiger partial charge in [0.05, 0.1) is 12.2 Å². The maximum atomic E-state index is 12.9. The normalized spacial score (nSPS) is 14.3. The molecule has 1 aromatic heterocycles. The van der Waals surface area contributed by atoms with Gasteiger partial charge in [-0.1, -0.05) is 26.0 Å². The van der Waals surface area contributed by atoms with Gasteiger partial charge in [-0.2, -0.15) is 0 Å². The Labute approximate surface area is 138 Å². The summed E-state index contributed by atoms with van der Waals surface area (Å²) in [5.41, 5.74) is 5.38. The Hall–Kier alpha value is -2.10. The molecule has 23 heavy (non-hydrogen) atoms. The van der Waals surface area contributed by atoms with Gasteiger partial charge in [-0.05, 0) is 31.0 Å². The molecule has 122 valence electrons. The van der Waals surface area contributed by atoms with Crippen LogP contribution in [0.3, 0.4) is 0 Å². The summed E-state index contributed by atoms with van der Waals surface area (Å²) in [6.45, 7) is 9.77. The number of fused-ring (bicyclic) bond motifs is 1. The monoisotopic (exact) mass is 311 g/mol. The topological polar surface area (TPSA) is 38.1 Å². The molecule has 1 aliphatic heterocycles. The molecule has 0 atom stereocenters. The van der Waals surface area contributed by atoms with Crippen molar-refractivity contribution in [3.8, 4) is 0 Å². The Morgan fingerprint density at radius 2 is 2.00 bits per heavy atom. The number of hydrogen-bond acceptors (Lipinski definition) is 2. The molecule has 0 bridgehead atoms. The molecule has 3 rings (SSSR count). The second-order valence-electron chi connectivity index (χ2n) is 6.80. The number of hydrogen-bond donors (Lipinski definition) is 0. The summed E-state index contributed by atoms with van der Waals surface area (Å²) < 4.78 is 2.21. The molecule has 0 unspecified atom stereocenters. The number of carbonyl (C=O) groups is 1. The van der Waals surface area contributed by atoms with Crippen LogP contribution in [0.1, 0.15) is 58.5 Å². The first-order valence-corrected chi connectivity index (χ1v) is 8.30. The quantitative estimate of drug-likeness (QED) is 0.853. The SMILES string of the molecule is Cc1cccc(C(=O)N2CCc3c(nc(C(C)C)n3C)C2)c1C. The van der Waals surface area contributed by atoms with Gasteiger partial charge in [-0.3, -0.25) is 4.79 Å². The molecular formula is C19H25N3O. The van der Waals surface area contributed by atoms with Crippen LogP contribution in [-0.4, -0.2) is 26.9 Å². The molecule has 4 heteroatoms. The van der Waals surface area contributed by atoms with Crippen molar-refractivity contribution in [2.45, 2.75) is 46.6 Å². The molecule has 1 amide bonds. The molecule has 0 saturated heterocycles. The van der Waals surface area contributed by atoms with E-state index >= 15 is 0 Å². The summed E-state index contributed by atoms with van der Waals surface area (Å²) in [6, 6.07) is 5.94. The molecule has 0 aliphatic carbocycles. The van der Waals surface area contributed by atoms with Crippen molar-refractivity contribution in [1.29, 1.82) is 0 Å². The first-order chi connectivity index (χ1) is 10.9. The predicted octanol–water partition coefficient (Wildman–Crippen LogP) is 3.36. The first-order valence-electron chi connectivity index (χ1n) is 8.30. The van der Waals surface area contributed by atoms with Crippen LogP contribution in [-0.2, 0) is 20.0 Å². The second-order valence-corrected chi connectivity index (χ2v) is 6.80. The number of rotatable bonds is 2. The number of nitrogens with zero attached hydrogens (tertiary/aromatic N) is 3. The van der Waals surface area contributed by atoms with E-state index in [-0.39, 0.29) is 5.91 Å². The van der Waals surface area contributed by atoms with Gasteiger partial charge in [-0.25, -0.2) is 4.98 Å². The standard InChI is InChI=1S/C19H25N3O/c1-12(2)18-20-16-11-22(10-9-17(16)21(18)5)19(23)15-8-6-7-13(3)14(15)4/h6-8,12H,9-11H2,1-5H3. The van der Waals surface area contributed by atoms with Crippen LogP contribution in [0.25, 0.3) is 0 Å². The fourth-order valence-electron chi connectivity index (χ4n) is 3.39. The maximum Gasteiger partial charge on any atom is 0.254 e. The summed E-state index contributed by atoms with van der Waals surface area (Å²) in [5, 5.41) is 0. The summed E-state index contributed by atoms with van der Waals surface area (Å²) in [4.78, 5) is 19.6. The highest BCUT2D eigenvalue weighted by molar-refractivity contribution is 5.96. The molecule has 1 aromatic carbocycles. The molecule has 2 aromatic rings. The minimum Gasteiger partial charge on any atom is -0.334 e. The van der Waals surface area contributed by atoms with Gasteiger partial charge in [0, 0.05) is 37.2 Å². The van der Waals surface area contributed by atoms with E-state index in [4.69, 9.17) is 4.98 Å². The lowest BCUT2D eigenvalue weighted by Crippen LogP contribution is -2.36. The van der Waals surface area contributed by atoms with Crippen LogP contribution in [0.4, 0.5) is 0 Å². The van der Waals surface area contributed by atoms with Crippen LogP contribution in [0.15, 0.2) is 18.2 Å². The zero-order chi connectivity index (χ0) is 16.7. The van der Waals surface area contributed by atoms with Crippen LogP contribution in [0.5, 0.6) is 0 Å². The molecule has 0 spiro atoms. The van der Waals surface area contributed by atoms with E-state index in [0.29, 0.717) is 12.5 Å². The van der Waals surface area contributed by atoms with E-state index in [1.54, 1.807) is 0 Å². The highest BCUT2D eigenvalue weighted by Crippen LogP contribution is 2.25. The number of aryl methyl sites for hydroxylation is 1. The predicted molar refractivity (Wildman–Crippen MR) is 91.7 cm³/mol. The lowest BCUT2D eigenvalue weighted by Gasteiger charge is -2.27. The first kappa shape index (κ1) is 15.8. The van der Waals surface area contributed by atoms with E-state index in [9.17, 15) is 4.79 Å². The Morgan fingerprint density at radius 1 is 1.26 bits per heavy atom. The van der Waals surface area contributed by atoms with Crippen LogP contribution in [0, 0.1) is 13.8 Å². The average molecular weight is 311 g/mol. The fourth-order valence-corrected chi connectivity index (χ4v) is 3.39. The van der Waals surface area contributed by atoms with Gasteiger partial charge >= 0.3 is 0 Å². The van der Waals surface area contributed by atoms with Crippen molar-refractivity contribution in [3.63, 3.8) is 0 Å². The van der Waals surface area contributed by atoms with Gasteiger partial charge in [0.1, 0.15) is 5.82 Å². The van der Waals surface area contributed by atoms with Crippen molar-refractivity contribution in [2.75, 3.05) is 6.54 Å². The van der Waals surface area contributed by atoms with Crippen molar-refractivity contribution in [1.82, 2.24) is 14.5 Å². The van der Waals surface area contributed by atoms with Gasteiger partial charge in [0.25, 0.3) is 5.91 Å². The lowest BCUT2D eigenvalue weighted by atomic mass is 10.0. The van der Waals surface area contributed by atoms with E-state index in [2.05, 4.69) is 25.5 Å². The molecule has 4 nitrogen and oxygen atoms in total. The molecule has 0 saturated carbocycles. The number of carbonyl (C=O) groups excluding carboxylic acids is 1. The Morgan fingerprint density at radius 3 is 2.70 bits per heavy atom. The molecule has 0 radical (unpaired) electrons. The van der Waals surface area contributed by atoms with E-state index < -0.39 is 0 Å². The number of amides is 1. The average Bonchev–Trinajstić information content (AvgIpc) is 2.86. The van der Waals surface area contributed by atoms with Crippen LogP contribution in [0.2, 0.25) is 0 Å². The summed E-state index contributed by atoms with van der Waals surface area (Å²) in [6.07, 6.45) is 0.877. The van der Waals surface area contributed by atoms with Crippen molar-refractivity contribution in [3.05, 3.63) is 52.1 Å². The second kappa shape index (κ2) is 5.84. The third-order valence-corrected chi connectivity index (χ3v) is 4.93. The van der Waals surface area contributed by atoms with Gasteiger partial charge in [-0.15, -0.1) is 0 Å². The Bertz CT molecular complexity index is 758. The lowest BCUT2D eigenvalue weighted by molar-refractivity contribution is 0.0730. The van der Waals surface area contributed by atoms with Gasteiger partial charge in [0.2, 0.25) is 0 Å². The molecule has 1 aliphatic rings. The minimum atomic E-state index is 0.119. The molecular weight excluding hydrogens is 286 g/mol. The summed E-state index contributed by atoms with van der Waals surface area (Å²) >= 11 is 0. The van der Waals surface area contributed by atoms with E-state index in [1.165, 1.54) is 5.69 Å². The van der Waals surface area contributed by atoms with Crippen molar-refractivity contribution < 1.29 is 4.79 Å². The highest BCUT2D eigenvalue weighted by Gasteiger charge is 2.27. The summed E-state index contributed by atoms with van der Waals surface area (Å²) in [5.74, 6) is 1.62. The third-order valence-electron chi connectivity index (χ3n) is 4.93. The minimum absolute atomic E-state index is 0.119. The van der Waals surface area contributed by atoms with Crippen molar-refractivity contribution in [2.24, 2.45) is 7.05 Å². The highest BCUT2D eigenvalue weighted by atomic mass is 16.2. The van der Waals surface area contributed by atoms with Crippen molar-refractivity contribution >= 4 is 5.91 Å². The smallest absolute Gasteiger partial charge is 0.254 e.